The van der Waals surface area contributed by atoms with E-state index in [1.807, 2.05) is 29.2 Å². The second-order valence-corrected chi connectivity index (χ2v) is 3.84. The van der Waals surface area contributed by atoms with Crippen molar-refractivity contribution in [3.63, 3.8) is 0 Å². The van der Waals surface area contributed by atoms with E-state index in [0.29, 0.717) is 19.7 Å². The summed E-state index contributed by atoms with van der Waals surface area (Å²) in [6.07, 6.45) is -0.745. The first-order valence-electron chi connectivity index (χ1n) is 5.44. The van der Waals surface area contributed by atoms with Crippen molar-refractivity contribution in [2.45, 2.75) is 6.10 Å². The van der Waals surface area contributed by atoms with Crippen LogP contribution in [-0.2, 0) is 9.53 Å². The molecule has 1 aromatic rings. The Morgan fingerprint density at radius 1 is 1.47 bits per heavy atom. The third-order valence-electron chi connectivity index (χ3n) is 2.78. The number of hydrogen-bond acceptors (Lipinski definition) is 4. The molecule has 0 spiro atoms. The maximum Gasteiger partial charge on any atom is 0.334 e. The summed E-state index contributed by atoms with van der Waals surface area (Å²) in [5.41, 5.74) is 0.986. The van der Waals surface area contributed by atoms with E-state index in [4.69, 9.17) is 14.6 Å². The third kappa shape index (κ3) is 2.68. The number of methoxy groups -OCH3 is 1. The molecule has 0 saturated carbocycles. The van der Waals surface area contributed by atoms with Crippen LogP contribution < -0.4 is 9.64 Å². The van der Waals surface area contributed by atoms with E-state index in [0.717, 1.165) is 11.4 Å². The molecule has 0 amide bonds. The Balaban J connectivity index is 2.08. The van der Waals surface area contributed by atoms with Crippen LogP contribution in [0.15, 0.2) is 24.3 Å². The second-order valence-electron chi connectivity index (χ2n) is 3.84. The predicted molar refractivity (Wildman–Crippen MR) is 62.6 cm³/mol. The predicted octanol–water partition coefficient (Wildman–Crippen LogP) is 0.985. The van der Waals surface area contributed by atoms with Crippen molar-refractivity contribution in [3.05, 3.63) is 24.3 Å². The highest BCUT2D eigenvalue weighted by molar-refractivity contribution is 5.73. The van der Waals surface area contributed by atoms with E-state index >= 15 is 0 Å². The van der Waals surface area contributed by atoms with Crippen LogP contribution in [0.25, 0.3) is 0 Å². The van der Waals surface area contributed by atoms with Gasteiger partial charge < -0.3 is 19.5 Å². The largest absolute Gasteiger partial charge is 0.497 e. The Morgan fingerprint density at radius 3 is 2.76 bits per heavy atom. The molecule has 1 atom stereocenters. The van der Waals surface area contributed by atoms with E-state index in [-0.39, 0.29) is 0 Å². The van der Waals surface area contributed by atoms with Crippen LogP contribution in [-0.4, -0.2) is 44.0 Å². The van der Waals surface area contributed by atoms with Gasteiger partial charge in [-0.2, -0.15) is 0 Å². The number of morpholine rings is 1. The summed E-state index contributed by atoms with van der Waals surface area (Å²) in [7, 11) is 1.62. The smallest absolute Gasteiger partial charge is 0.334 e. The topological polar surface area (TPSA) is 59.0 Å². The van der Waals surface area contributed by atoms with Crippen molar-refractivity contribution in [1.82, 2.24) is 0 Å². The van der Waals surface area contributed by atoms with Gasteiger partial charge in [-0.25, -0.2) is 4.79 Å². The molecule has 1 aromatic carbocycles. The van der Waals surface area contributed by atoms with Gasteiger partial charge in [0.05, 0.1) is 20.3 Å². The number of ether oxygens (including phenoxy) is 2. The molecule has 5 nitrogen and oxygen atoms in total. The number of rotatable bonds is 3. The van der Waals surface area contributed by atoms with Crippen molar-refractivity contribution in [2.24, 2.45) is 0 Å². The highest BCUT2D eigenvalue weighted by atomic mass is 16.5. The lowest BCUT2D eigenvalue weighted by molar-refractivity contribution is -0.150. The molecule has 1 N–H and O–H groups in total. The number of carboxylic acids is 1. The molecule has 92 valence electrons. The highest BCUT2D eigenvalue weighted by Gasteiger charge is 2.26. The summed E-state index contributed by atoms with van der Waals surface area (Å²) in [5, 5.41) is 8.91. The lowest BCUT2D eigenvalue weighted by Gasteiger charge is -2.32. The minimum atomic E-state index is -0.914. The summed E-state index contributed by atoms with van der Waals surface area (Å²) in [5.74, 6) is -0.125. The Labute approximate surface area is 99.6 Å². The third-order valence-corrected chi connectivity index (χ3v) is 2.78. The SMILES string of the molecule is COc1ccc(N2CCOC(C(=O)O)C2)cc1. The van der Waals surface area contributed by atoms with Crippen LogP contribution in [0.1, 0.15) is 0 Å². The Kier molecular flexibility index (Phi) is 3.49. The van der Waals surface area contributed by atoms with Gasteiger partial charge in [0.1, 0.15) is 5.75 Å². The van der Waals surface area contributed by atoms with Gasteiger partial charge in [0.25, 0.3) is 0 Å². The molecule has 17 heavy (non-hydrogen) atoms. The highest BCUT2D eigenvalue weighted by Crippen LogP contribution is 2.21. The zero-order valence-corrected chi connectivity index (χ0v) is 9.63. The fourth-order valence-corrected chi connectivity index (χ4v) is 1.83. The lowest BCUT2D eigenvalue weighted by atomic mass is 10.2. The Hall–Kier alpha value is -1.75. The maximum absolute atomic E-state index is 10.9. The molecule has 1 fully saturated rings. The van der Waals surface area contributed by atoms with Gasteiger partial charge in [0, 0.05) is 12.2 Å². The van der Waals surface area contributed by atoms with E-state index in [2.05, 4.69) is 0 Å². The van der Waals surface area contributed by atoms with Gasteiger partial charge >= 0.3 is 5.97 Å². The van der Waals surface area contributed by atoms with Crippen LogP contribution in [0.2, 0.25) is 0 Å². The van der Waals surface area contributed by atoms with Crippen LogP contribution in [0.3, 0.4) is 0 Å². The van der Waals surface area contributed by atoms with Crippen LogP contribution >= 0.6 is 0 Å². The average Bonchev–Trinajstić information content (AvgIpc) is 2.39. The number of benzene rings is 1. The molecule has 1 aliphatic heterocycles. The molecule has 0 aromatic heterocycles. The van der Waals surface area contributed by atoms with Crippen LogP contribution in [0, 0.1) is 0 Å². The van der Waals surface area contributed by atoms with Gasteiger partial charge in [-0.15, -0.1) is 0 Å². The zero-order chi connectivity index (χ0) is 12.3. The monoisotopic (exact) mass is 237 g/mol. The summed E-state index contributed by atoms with van der Waals surface area (Å²) in [6, 6.07) is 7.56. The molecule has 0 radical (unpaired) electrons. The molecular weight excluding hydrogens is 222 g/mol. The van der Waals surface area contributed by atoms with Crippen LogP contribution in [0.4, 0.5) is 5.69 Å². The van der Waals surface area contributed by atoms with Crippen molar-refractivity contribution < 1.29 is 19.4 Å². The standard InChI is InChI=1S/C12H15NO4/c1-16-10-4-2-9(3-5-10)13-6-7-17-11(8-13)12(14)15/h2-5,11H,6-8H2,1H3,(H,14,15). The number of aliphatic carboxylic acids is 1. The summed E-state index contributed by atoms with van der Waals surface area (Å²) < 4.78 is 10.2. The molecule has 0 aliphatic carbocycles. The molecule has 1 unspecified atom stereocenters. The zero-order valence-electron chi connectivity index (χ0n) is 9.63. The molecule has 0 bridgehead atoms. The molecular formula is C12H15NO4. The number of hydrogen-bond donors (Lipinski definition) is 1. The van der Waals surface area contributed by atoms with Gasteiger partial charge in [0.15, 0.2) is 6.10 Å². The van der Waals surface area contributed by atoms with E-state index in [1.54, 1.807) is 7.11 Å². The van der Waals surface area contributed by atoms with Gasteiger partial charge in [-0.05, 0) is 24.3 Å². The first-order valence-corrected chi connectivity index (χ1v) is 5.44. The normalized spacial score (nSPS) is 20.1. The maximum atomic E-state index is 10.9. The van der Waals surface area contributed by atoms with E-state index in [9.17, 15) is 4.79 Å². The van der Waals surface area contributed by atoms with Gasteiger partial charge in [-0.1, -0.05) is 0 Å². The van der Waals surface area contributed by atoms with Gasteiger partial charge in [-0.3, -0.25) is 0 Å². The number of carbonyl (C=O) groups is 1. The summed E-state index contributed by atoms with van der Waals surface area (Å²) in [4.78, 5) is 12.9. The fourth-order valence-electron chi connectivity index (χ4n) is 1.83. The summed E-state index contributed by atoms with van der Waals surface area (Å²) >= 11 is 0. The minimum absolute atomic E-state index is 0.377. The molecule has 2 rings (SSSR count). The fraction of sp³-hybridized carbons (Fsp3) is 0.417. The van der Waals surface area contributed by atoms with Crippen molar-refractivity contribution in [1.29, 1.82) is 0 Å². The molecule has 1 aliphatic rings. The van der Waals surface area contributed by atoms with Crippen molar-refractivity contribution in [2.75, 3.05) is 31.7 Å². The van der Waals surface area contributed by atoms with Crippen molar-refractivity contribution >= 4 is 11.7 Å². The summed E-state index contributed by atoms with van der Waals surface area (Å²) in [6.45, 7) is 1.51. The molecule has 5 heteroatoms. The quantitative estimate of drug-likeness (QED) is 0.849. The average molecular weight is 237 g/mol. The van der Waals surface area contributed by atoms with Gasteiger partial charge in [0.2, 0.25) is 0 Å². The minimum Gasteiger partial charge on any atom is -0.497 e. The van der Waals surface area contributed by atoms with Crippen LogP contribution in [0.5, 0.6) is 5.75 Å². The Morgan fingerprint density at radius 2 is 2.18 bits per heavy atom. The van der Waals surface area contributed by atoms with E-state index < -0.39 is 12.1 Å². The number of carboxylic acid groups (broad SMARTS) is 1. The lowest BCUT2D eigenvalue weighted by Crippen LogP contribution is -2.46. The first-order chi connectivity index (χ1) is 8.20. The first kappa shape index (κ1) is 11.7. The van der Waals surface area contributed by atoms with E-state index in [1.165, 1.54) is 0 Å². The Bertz CT molecular complexity index is 390. The second kappa shape index (κ2) is 5.05. The van der Waals surface area contributed by atoms with Crippen molar-refractivity contribution in [3.8, 4) is 5.75 Å². The number of nitrogens with zero attached hydrogens (tertiary/aromatic N) is 1. The number of anilines is 1. The molecule has 1 saturated heterocycles. The molecule has 1 heterocycles.